The van der Waals surface area contributed by atoms with Crippen LogP contribution in [0.5, 0.6) is 0 Å². The highest BCUT2D eigenvalue weighted by Gasteiger charge is 2.35. The predicted molar refractivity (Wildman–Crippen MR) is 289 cm³/mol. The Morgan fingerprint density at radius 2 is 0.809 bits per heavy atom. The third-order valence-corrected chi connectivity index (χ3v) is 14.6. The molecule has 0 bridgehead atoms. The first-order valence-corrected chi connectivity index (χ1v) is 23.8. The molecule has 0 fully saturated rings. The van der Waals surface area contributed by atoms with Crippen molar-refractivity contribution in [1.82, 2.24) is 4.57 Å². The van der Waals surface area contributed by atoms with Gasteiger partial charge in [-0.05, 0) is 151 Å². The van der Waals surface area contributed by atoms with Gasteiger partial charge in [-0.3, -0.25) is 0 Å². The summed E-state index contributed by atoms with van der Waals surface area (Å²) < 4.78 is 2.37. The predicted octanol–water partition coefficient (Wildman–Crippen LogP) is 18.2. The number of hydrogen-bond acceptors (Lipinski definition) is 1. The van der Waals surface area contributed by atoms with Crippen LogP contribution in [0.15, 0.2) is 237 Å². The Kier molecular flexibility index (Phi) is 9.13. The van der Waals surface area contributed by atoms with Gasteiger partial charge in [-0.15, -0.1) is 0 Å². The molecule has 1 aliphatic carbocycles. The van der Waals surface area contributed by atoms with E-state index in [0.717, 1.165) is 22.7 Å². The number of aromatic nitrogens is 1. The smallest absolute Gasteiger partial charge is 0.0541 e. The minimum Gasteiger partial charge on any atom is -0.311 e. The molecule has 0 spiro atoms. The van der Waals surface area contributed by atoms with Crippen LogP contribution in [0.1, 0.15) is 30.5 Å². The Bertz CT molecular complexity index is 3860. The summed E-state index contributed by atoms with van der Waals surface area (Å²) in [5, 5.41) is 7.63. The summed E-state index contributed by atoms with van der Waals surface area (Å²) in [6.45, 7) is 6.95. The number of fused-ring (bicyclic) bond motifs is 8. The molecule has 1 aromatic heterocycles. The molecule has 0 saturated heterocycles. The van der Waals surface area contributed by atoms with E-state index in [1.54, 1.807) is 0 Å². The molecule has 0 saturated carbocycles. The largest absolute Gasteiger partial charge is 0.311 e. The number of aryl methyl sites for hydroxylation is 1. The minimum atomic E-state index is -0.0736. The lowest BCUT2D eigenvalue weighted by Crippen LogP contribution is -2.14. The maximum Gasteiger partial charge on any atom is 0.0541 e. The molecule has 0 aliphatic heterocycles. The van der Waals surface area contributed by atoms with Crippen molar-refractivity contribution in [1.29, 1.82) is 0 Å². The number of hydrogen-bond donors (Lipinski definition) is 0. The van der Waals surface area contributed by atoms with E-state index in [-0.39, 0.29) is 5.41 Å². The van der Waals surface area contributed by atoms with Gasteiger partial charge in [0.1, 0.15) is 0 Å². The Labute approximate surface area is 397 Å². The molecule has 68 heavy (non-hydrogen) atoms. The van der Waals surface area contributed by atoms with Crippen LogP contribution in [-0.4, -0.2) is 4.57 Å². The van der Waals surface area contributed by atoms with Gasteiger partial charge in [0, 0.05) is 38.9 Å². The Balaban J connectivity index is 0.855. The molecule has 0 atom stereocenters. The van der Waals surface area contributed by atoms with Crippen LogP contribution in [-0.2, 0) is 5.41 Å². The maximum absolute atomic E-state index is 2.47. The number of benzene rings is 11. The van der Waals surface area contributed by atoms with Gasteiger partial charge in [0.2, 0.25) is 0 Å². The van der Waals surface area contributed by atoms with Crippen LogP contribution in [0.2, 0.25) is 0 Å². The standard InChI is InChI=1S/C66H48N2/c1-43-25-39-58-59(41-43)64(56-20-7-8-21-57(56)65(58)47-32-40-53-52-17-9-12-22-60(52)66(2,3)61(53)42-47)46-28-26-44(27-29-46)45-30-33-49(34-31-45)67(48-15-5-4-6-16-48)50-35-37-51(38-36-50)68-62-23-13-10-18-54(62)55-19-11-14-24-63(55)68/h4-42H,1-3H3. The lowest BCUT2D eigenvalue weighted by molar-refractivity contribution is 0.660. The fourth-order valence-corrected chi connectivity index (χ4v) is 11.4. The first-order valence-electron chi connectivity index (χ1n) is 23.8. The van der Waals surface area contributed by atoms with Crippen LogP contribution in [0.4, 0.5) is 17.1 Å². The van der Waals surface area contributed by atoms with Crippen LogP contribution in [0.3, 0.4) is 0 Å². The van der Waals surface area contributed by atoms with Crippen molar-refractivity contribution in [2.45, 2.75) is 26.2 Å². The number of para-hydroxylation sites is 3. The van der Waals surface area contributed by atoms with Gasteiger partial charge in [0.25, 0.3) is 0 Å². The quantitative estimate of drug-likeness (QED) is 0.145. The van der Waals surface area contributed by atoms with Crippen molar-refractivity contribution in [3.8, 4) is 50.2 Å². The molecule has 322 valence electrons. The molecule has 13 rings (SSSR count). The molecule has 0 amide bonds. The van der Waals surface area contributed by atoms with E-state index in [9.17, 15) is 0 Å². The zero-order chi connectivity index (χ0) is 45.5. The van der Waals surface area contributed by atoms with Gasteiger partial charge in [-0.2, -0.15) is 0 Å². The van der Waals surface area contributed by atoms with E-state index < -0.39 is 0 Å². The molecule has 1 heterocycles. The first kappa shape index (κ1) is 39.9. The molecular weight excluding hydrogens is 821 g/mol. The van der Waals surface area contributed by atoms with Crippen LogP contribution < -0.4 is 4.90 Å². The molecule has 12 aromatic rings. The van der Waals surface area contributed by atoms with Crippen molar-refractivity contribution in [3.63, 3.8) is 0 Å². The van der Waals surface area contributed by atoms with Gasteiger partial charge in [-0.25, -0.2) is 0 Å². The molecule has 0 unspecified atom stereocenters. The first-order chi connectivity index (χ1) is 33.4. The molecular formula is C66H48N2. The minimum absolute atomic E-state index is 0.0736. The summed E-state index contributed by atoms with van der Waals surface area (Å²) in [6, 6.07) is 87.3. The van der Waals surface area contributed by atoms with Crippen LogP contribution in [0, 0.1) is 6.92 Å². The summed E-state index contributed by atoms with van der Waals surface area (Å²) in [5.74, 6) is 0. The average Bonchev–Trinajstić information content (AvgIpc) is 3.84. The lowest BCUT2D eigenvalue weighted by atomic mass is 9.80. The zero-order valence-electron chi connectivity index (χ0n) is 38.4. The van der Waals surface area contributed by atoms with E-state index >= 15 is 0 Å². The summed E-state index contributed by atoms with van der Waals surface area (Å²) in [7, 11) is 0. The van der Waals surface area contributed by atoms with Crippen molar-refractivity contribution in [2.24, 2.45) is 0 Å². The van der Waals surface area contributed by atoms with Crippen LogP contribution in [0.25, 0.3) is 93.5 Å². The normalized spacial score (nSPS) is 12.8. The SMILES string of the molecule is Cc1ccc2c(-c3ccc4c(c3)C(C)(C)c3ccccc3-4)c3ccccc3c(-c3ccc(-c4ccc(N(c5ccccc5)c5ccc(-n6c7ccccc7c7ccccc76)cc5)cc4)cc3)c2c1. The molecule has 2 nitrogen and oxygen atoms in total. The van der Waals surface area contributed by atoms with E-state index in [2.05, 4.69) is 267 Å². The highest BCUT2D eigenvalue weighted by molar-refractivity contribution is 6.21. The topological polar surface area (TPSA) is 8.17 Å². The van der Waals surface area contributed by atoms with E-state index in [0.29, 0.717) is 0 Å². The average molecular weight is 869 g/mol. The van der Waals surface area contributed by atoms with E-state index in [1.165, 1.54) is 105 Å². The zero-order valence-corrected chi connectivity index (χ0v) is 38.4. The second kappa shape index (κ2) is 15.6. The molecule has 11 aromatic carbocycles. The highest BCUT2D eigenvalue weighted by atomic mass is 15.1. The van der Waals surface area contributed by atoms with E-state index in [4.69, 9.17) is 0 Å². The van der Waals surface area contributed by atoms with Gasteiger partial charge in [0.15, 0.2) is 0 Å². The second-order valence-corrected chi connectivity index (χ2v) is 19.0. The number of anilines is 3. The summed E-state index contributed by atoms with van der Waals surface area (Å²) in [4.78, 5) is 2.34. The van der Waals surface area contributed by atoms with Gasteiger partial charge >= 0.3 is 0 Å². The third kappa shape index (κ3) is 6.25. The number of nitrogens with zero attached hydrogens (tertiary/aromatic N) is 2. The summed E-state index contributed by atoms with van der Waals surface area (Å²) in [6.07, 6.45) is 0. The van der Waals surface area contributed by atoms with Gasteiger partial charge in [-0.1, -0.05) is 189 Å². The highest BCUT2D eigenvalue weighted by Crippen LogP contribution is 2.51. The Hall–Kier alpha value is -8.46. The Morgan fingerprint density at radius 1 is 0.338 bits per heavy atom. The molecule has 1 aliphatic rings. The summed E-state index contributed by atoms with van der Waals surface area (Å²) >= 11 is 0. The fraction of sp³-hybridized carbons (Fsp3) is 0.0606. The lowest BCUT2D eigenvalue weighted by Gasteiger charge is -2.26. The van der Waals surface area contributed by atoms with Gasteiger partial charge in [0.05, 0.1) is 11.0 Å². The summed E-state index contributed by atoms with van der Waals surface area (Å²) in [5.41, 5.74) is 21.0. The van der Waals surface area contributed by atoms with Crippen molar-refractivity contribution in [2.75, 3.05) is 4.90 Å². The maximum atomic E-state index is 2.47. The monoisotopic (exact) mass is 868 g/mol. The molecule has 0 radical (unpaired) electrons. The van der Waals surface area contributed by atoms with Gasteiger partial charge < -0.3 is 9.47 Å². The van der Waals surface area contributed by atoms with Crippen molar-refractivity contribution < 1.29 is 0 Å². The van der Waals surface area contributed by atoms with Crippen LogP contribution >= 0.6 is 0 Å². The second-order valence-electron chi connectivity index (χ2n) is 19.0. The third-order valence-electron chi connectivity index (χ3n) is 14.6. The Morgan fingerprint density at radius 3 is 1.47 bits per heavy atom. The van der Waals surface area contributed by atoms with Crippen molar-refractivity contribution in [3.05, 3.63) is 253 Å². The van der Waals surface area contributed by atoms with Crippen molar-refractivity contribution >= 4 is 60.4 Å². The van der Waals surface area contributed by atoms with E-state index in [1.807, 2.05) is 0 Å². The number of rotatable bonds is 7. The molecule has 2 heteroatoms. The molecule has 0 N–H and O–H groups in total. The fourth-order valence-electron chi connectivity index (χ4n) is 11.4.